The number of ether oxygens (including phenoxy) is 1. The van der Waals surface area contributed by atoms with Gasteiger partial charge >= 0.3 is 6.03 Å². The third kappa shape index (κ3) is 4.97. The van der Waals surface area contributed by atoms with E-state index in [1.54, 1.807) is 0 Å². The fraction of sp³-hybridized carbons (Fsp3) is 0.350. The predicted octanol–water partition coefficient (Wildman–Crippen LogP) is 3.55. The van der Waals surface area contributed by atoms with Gasteiger partial charge in [0.15, 0.2) is 0 Å². The Bertz CT molecular complexity index is 690. The Morgan fingerprint density at radius 1 is 1.08 bits per heavy atom. The number of para-hydroxylation sites is 2. The van der Waals surface area contributed by atoms with E-state index in [0.29, 0.717) is 13.2 Å². The summed E-state index contributed by atoms with van der Waals surface area (Å²) in [4.78, 5) is 12.2. The highest BCUT2D eigenvalue weighted by Gasteiger charge is 2.25. The van der Waals surface area contributed by atoms with Crippen molar-refractivity contribution in [3.8, 4) is 5.75 Å². The lowest BCUT2D eigenvalue weighted by atomic mass is 10.1. The van der Waals surface area contributed by atoms with E-state index < -0.39 is 0 Å². The van der Waals surface area contributed by atoms with E-state index in [1.165, 1.54) is 0 Å². The van der Waals surface area contributed by atoms with Crippen molar-refractivity contribution in [2.45, 2.75) is 32.0 Å². The summed E-state index contributed by atoms with van der Waals surface area (Å²) in [5.41, 5.74) is 1.63. The topological polar surface area (TPSA) is 70.6 Å². The molecular formula is C20H24N2O3. The van der Waals surface area contributed by atoms with E-state index in [4.69, 9.17) is 4.74 Å². The monoisotopic (exact) mass is 340 g/mol. The first-order valence-corrected chi connectivity index (χ1v) is 8.71. The molecule has 0 unspecified atom stereocenters. The number of anilines is 1. The lowest BCUT2D eigenvalue weighted by Crippen LogP contribution is -2.35. The van der Waals surface area contributed by atoms with Crippen molar-refractivity contribution in [1.29, 1.82) is 0 Å². The molecular weight excluding hydrogens is 316 g/mol. The number of benzene rings is 2. The fourth-order valence-electron chi connectivity index (χ4n) is 3.09. The van der Waals surface area contributed by atoms with Crippen molar-refractivity contribution in [2.24, 2.45) is 5.92 Å². The van der Waals surface area contributed by atoms with Gasteiger partial charge < -0.3 is 20.5 Å². The standard InChI is InChI=1S/C20H24N2O3/c23-19-12-6-8-15(19)13-21-20(24)22-18-11-5-4-7-16(18)14-25-17-9-2-1-3-10-17/h1-5,7,9-11,15,19,23H,6,8,12-14H2,(H2,21,22,24)/t15-,19-/m1/s1. The average molecular weight is 340 g/mol. The molecule has 0 saturated heterocycles. The SMILES string of the molecule is O=C(NC[C@H]1CCC[C@H]1O)Nc1ccccc1COc1ccccc1. The Hall–Kier alpha value is -2.53. The first-order chi connectivity index (χ1) is 12.2. The zero-order valence-electron chi connectivity index (χ0n) is 14.2. The zero-order valence-corrected chi connectivity index (χ0v) is 14.2. The maximum Gasteiger partial charge on any atom is 0.319 e. The molecule has 132 valence electrons. The number of carbonyl (C=O) groups is 1. The first kappa shape index (κ1) is 17.3. The van der Waals surface area contributed by atoms with E-state index in [2.05, 4.69) is 10.6 Å². The van der Waals surface area contributed by atoms with Crippen LogP contribution in [0.15, 0.2) is 54.6 Å². The molecule has 3 rings (SSSR count). The lowest BCUT2D eigenvalue weighted by Gasteiger charge is -2.16. The maximum atomic E-state index is 12.2. The van der Waals surface area contributed by atoms with Crippen molar-refractivity contribution in [2.75, 3.05) is 11.9 Å². The van der Waals surface area contributed by atoms with Crippen LogP contribution in [0.3, 0.4) is 0 Å². The van der Waals surface area contributed by atoms with E-state index in [1.807, 2.05) is 54.6 Å². The largest absolute Gasteiger partial charge is 0.489 e. The summed E-state index contributed by atoms with van der Waals surface area (Å²) in [5.74, 6) is 0.944. The number of aliphatic hydroxyl groups excluding tert-OH is 1. The number of carbonyl (C=O) groups excluding carboxylic acids is 1. The van der Waals surface area contributed by atoms with Crippen molar-refractivity contribution in [3.05, 3.63) is 60.2 Å². The second-order valence-electron chi connectivity index (χ2n) is 6.35. The smallest absolute Gasteiger partial charge is 0.319 e. The van der Waals surface area contributed by atoms with Gasteiger partial charge in [-0.3, -0.25) is 0 Å². The molecule has 25 heavy (non-hydrogen) atoms. The molecule has 0 heterocycles. The molecule has 2 amide bonds. The molecule has 1 aliphatic carbocycles. The van der Waals surface area contributed by atoms with Crippen molar-refractivity contribution < 1.29 is 14.6 Å². The van der Waals surface area contributed by atoms with Crippen molar-refractivity contribution in [1.82, 2.24) is 5.32 Å². The van der Waals surface area contributed by atoms with Gasteiger partial charge in [-0.05, 0) is 31.0 Å². The summed E-state index contributed by atoms with van der Waals surface area (Å²) in [5, 5.41) is 15.6. The quantitative estimate of drug-likeness (QED) is 0.753. The Labute approximate surface area is 148 Å². The molecule has 0 aromatic heterocycles. The van der Waals surface area contributed by atoms with Gasteiger partial charge in [-0.2, -0.15) is 0 Å². The van der Waals surface area contributed by atoms with Crippen LogP contribution in [-0.2, 0) is 6.61 Å². The van der Waals surface area contributed by atoms with Crippen LogP contribution >= 0.6 is 0 Å². The van der Waals surface area contributed by atoms with Gasteiger partial charge in [0.25, 0.3) is 0 Å². The van der Waals surface area contributed by atoms with Crippen LogP contribution < -0.4 is 15.4 Å². The van der Waals surface area contributed by atoms with Gasteiger partial charge in [0.05, 0.1) is 6.10 Å². The van der Waals surface area contributed by atoms with Crippen LogP contribution in [0.4, 0.5) is 10.5 Å². The summed E-state index contributed by atoms with van der Waals surface area (Å²) >= 11 is 0. The summed E-state index contributed by atoms with van der Waals surface area (Å²) in [6.07, 6.45) is 2.51. The van der Waals surface area contributed by atoms with Gasteiger partial charge in [0.2, 0.25) is 0 Å². The molecule has 0 spiro atoms. The minimum atomic E-state index is -0.299. The van der Waals surface area contributed by atoms with Crippen LogP contribution in [0.2, 0.25) is 0 Å². The number of rotatable bonds is 6. The fourth-order valence-corrected chi connectivity index (χ4v) is 3.09. The Morgan fingerprint density at radius 2 is 1.84 bits per heavy atom. The average Bonchev–Trinajstić information content (AvgIpc) is 3.05. The molecule has 0 radical (unpaired) electrons. The summed E-state index contributed by atoms with van der Waals surface area (Å²) in [7, 11) is 0. The third-order valence-corrected chi connectivity index (χ3v) is 4.55. The maximum absolute atomic E-state index is 12.2. The second kappa shape index (κ2) is 8.53. The highest BCUT2D eigenvalue weighted by atomic mass is 16.5. The lowest BCUT2D eigenvalue weighted by molar-refractivity contribution is 0.133. The van der Waals surface area contributed by atoms with Crippen molar-refractivity contribution in [3.63, 3.8) is 0 Å². The van der Waals surface area contributed by atoms with E-state index in [9.17, 15) is 9.90 Å². The normalized spacial score (nSPS) is 19.4. The highest BCUT2D eigenvalue weighted by Crippen LogP contribution is 2.24. The highest BCUT2D eigenvalue weighted by molar-refractivity contribution is 5.90. The van der Waals surface area contributed by atoms with Crippen LogP contribution in [0.25, 0.3) is 0 Å². The summed E-state index contributed by atoms with van der Waals surface area (Å²) in [6.45, 7) is 0.873. The summed E-state index contributed by atoms with van der Waals surface area (Å²) in [6, 6.07) is 16.9. The van der Waals surface area contributed by atoms with E-state index in [-0.39, 0.29) is 18.1 Å². The van der Waals surface area contributed by atoms with Gasteiger partial charge in [-0.15, -0.1) is 0 Å². The number of nitrogens with one attached hydrogen (secondary N) is 2. The Morgan fingerprint density at radius 3 is 2.60 bits per heavy atom. The minimum absolute atomic E-state index is 0.155. The number of amides is 2. The number of hydrogen-bond acceptors (Lipinski definition) is 3. The molecule has 1 fully saturated rings. The molecule has 1 saturated carbocycles. The molecule has 3 N–H and O–H groups in total. The van der Waals surface area contributed by atoms with Gasteiger partial charge in [-0.25, -0.2) is 4.79 Å². The summed E-state index contributed by atoms with van der Waals surface area (Å²) < 4.78 is 5.76. The van der Waals surface area contributed by atoms with Crippen LogP contribution in [0, 0.1) is 5.92 Å². The molecule has 2 aromatic rings. The van der Waals surface area contributed by atoms with E-state index >= 15 is 0 Å². The molecule has 0 bridgehead atoms. The molecule has 5 nitrogen and oxygen atoms in total. The van der Waals surface area contributed by atoms with Crippen LogP contribution in [-0.4, -0.2) is 23.8 Å². The second-order valence-corrected chi connectivity index (χ2v) is 6.35. The molecule has 5 heteroatoms. The third-order valence-electron chi connectivity index (χ3n) is 4.55. The van der Waals surface area contributed by atoms with Crippen molar-refractivity contribution >= 4 is 11.7 Å². The van der Waals surface area contributed by atoms with Crippen LogP contribution in [0.1, 0.15) is 24.8 Å². The number of aliphatic hydroxyl groups is 1. The van der Waals surface area contributed by atoms with Gasteiger partial charge in [0, 0.05) is 23.7 Å². The predicted molar refractivity (Wildman–Crippen MR) is 97.6 cm³/mol. The van der Waals surface area contributed by atoms with Gasteiger partial charge in [-0.1, -0.05) is 42.8 Å². The zero-order chi connectivity index (χ0) is 17.5. The minimum Gasteiger partial charge on any atom is -0.489 e. The molecule has 2 atom stereocenters. The number of hydrogen-bond donors (Lipinski definition) is 3. The Balaban J connectivity index is 1.54. The molecule has 1 aliphatic rings. The van der Waals surface area contributed by atoms with Gasteiger partial charge in [0.1, 0.15) is 12.4 Å². The first-order valence-electron chi connectivity index (χ1n) is 8.71. The molecule has 0 aliphatic heterocycles. The molecule has 2 aromatic carbocycles. The Kier molecular flexibility index (Phi) is 5.90. The van der Waals surface area contributed by atoms with Crippen LogP contribution in [0.5, 0.6) is 5.75 Å². The number of urea groups is 1. The van der Waals surface area contributed by atoms with E-state index in [0.717, 1.165) is 36.3 Å².